The van der Waals surface area contributed by atoms with E-state index in [9.17, 15) is 5.11 Å². The summed E-state index contributed by atoms with van der Waals surface area (Å²) in [5, 5.41) is 14.8. The number of para-hydroxylation sites is 1. The van der Waals surface area contributed by atoms with Crippen molar-refractivity contribution >= 4 is 0 Å². The molecule has 0 amide bonds. The van der Waals surface area contributed by atoms with Crippen molar-refractivity contribution in [2.24, 2.45) is 0 Å². The van der Waals surface area contributed by atoms with Crippen LogP contribution in [0.4, 0.5) is 0 Å². The van der Waals surface area contributed by atoms with E-state index in [2.05, 4.69) is 27.1 Å². The molecule has 1 aromatic heterocycles. The molecule has 0 radical (unpaired) electrons. The van der Waals surface area contributed by atoms with Gasteiger partial charge in [-0.1, -0.05) is 18.2 Å². The molecule has 1 fully saturated rings. The average molecular weight is 408 g/mol. The number of nitrogens with zero attached hydrogens (tertiary/aromatic N) is 4. The number of fused-ring (bicyclic) bond motifs is 1. The van der Waals surface area contributed by atoms with Gasteiger partial charge in [-0.3, -0.25) is 4.90 Å². The molecule has 2 aliphatic heterocycles. The first kappa shape index (κ1) is 18.9. The summed E-state index contributed by atoms with van der Waals surface area (Å²) in [7, 11) is 0. The largest absolute Gasteiger partial charge is 0.486 e. The molecule has 1 N–H and O–H groups in total. The Balaban J connectivity index is 1.19. The normalized spacial score (nSPS) is 21.4. The van der Waals surface area contributed by atoms with Crippen LogP contribution in [0.1, 0.15) is 12.0 Å². The lowest BCUT2D eigenvalue weighted by Gasteiger charge is -2.36. The van der Waals surface area contributed by atoms with E-state index in [1.165, 1.54) is 11.9 Å². The zero-order chi connectivity index (χ0) is 20.3. The third-order valence-corrected chi connectivity index (χ3v) is 5.44. The van der Waals surface area contributed by atoms with E-state index in [1.54, 1.807) is 11.0 Å². The molecule has 3 aromatic rings. The average Bonchev–Trinajstić information content (AvgIpc) is 3.31. The maximum atomic E-state index is 10.7. The summed E-state index contributed by atoms with van der Waals surface area (Å²) in [6.45, 7) is 3.22. The summed E-state index contributed by atoms with van der Waals surface area (Å²) in [6.07, 6.45) is 3.09. The number of aliphatic hydroxyl groups excluding tert-OH is 1. The van der Waals surface area contributed by atoms with E-state index in [0.29, 0.717) is 37.0 Å². The minimum Gasteiger partial charge on any atom is -0.486 e. The Morgan fingerprint density at radius 2 is 1.97 bits per heavy atom. The standard InChI is InChI=1S/C22H24N4O4/c27-18-13-25(12-16-4-6-17(7-5-16)26-15-23-14-24-26)9-8-19(18)30-21-3-1-2-20-22(21)29-11-10-28-20/h1-7,14-15,18-19,27H,8-13H2/t18-,19-/m1/s1. The van der Waals surface area contributed by atoms with Crippen molar-refractivity contribution in [2.75, 3.05) is 26.3 Å². The van der Waals surface area contributed by atoms with Crippen molar-refractivity contribution in [3.8, 4) is 22.9 Å². The van der Waals surface area contributed by atoms with E-state index >= 15 is 0 Å². The summed E-state index contributed by atoms with van der Waals surface area (Å²) < 4.78 is 19.2. The zero-order valence-electron chi connectivity index (χ0n) is 16.6. The highest BCUT2D eigenvalue weighted by atomic mass is 16.6. The Kier molecular flexibility index (Phi) is 5.25. The topological polar surface area (TPSA) is 81.9 Å². The van der Waals surface area contributed by atoms with Gasteiger partial charge in [-0.2, -0.15) is 5.10 Å². The highest BCUT2D eigenvalue weighted by Crippen LogP contribution is 2.40. The second-order valence-electron chi connectivity index (χ2n) is 7.53. The molecule has 8 heteroatoms. The van der Waals surface area contributed by atoms with Crippen LogP contribution in [0.2, 0.25) is 0 Å². The molecule has 156 valence electrons. The molecule has 0 spiro atoms. The van der Waals surface area contributed by atoms with Crippen molar-refractivity contribution in [1.29, 1.82) is 0 Å². The van der Waals surface area contributed by atoms with Gasteiger partial charge < -0.3 is 19.3 Å². The minimum absolute atomic E-state index is 0.270. The molecule has 1 saturated heterocycles. The number of aliphatic hydroxyl groups is 1. The SMILES string of the molecule is O[C@@H]1CN(Cc2ccc(-n3cncn3)cc2)CC[C@H]1Oc1cccc2c1OCCO2. The van der Waals surface area contributed by atoms with Gasteiger partial charge in [0.05, 0.1) is 5.69 Å². The van der Waals surface area contributed by atoms with Gasteiger partial charge in [-0.25, -0.2) is 9.67 Å². The van der Waals surface area contributed by atoms with Crippen LogP contribution in [-0.2, 0) is 6.54 Å². The summed E-state index contributed by atoms with van der Waals surface area (Å²) >= 11 is 0. The number of hydrogen-bond donors (Lipinski definition) is 1. The zero-order valence-corrected chi connectivity index (χ0v) is 16.6. The lowest BCUT2D eigenvalue weighted by Crippen LogP contribution is -2.48. The Hall–Kier alpha value is -3.10. The lowest BCUT2D eigenvalue weighted by molar-refractivity contribution is -0.0290. The molecule has 5 rings (SSSR count). The van der Waals surface area contributed by atoms with E-state index in [4.69, 9.17) is 14.2 Å². The highest BCUT2D eigenvalue weighted by Gasteiger charge is 2.30. The fraction of sp³-hybridized carbons (Fsp3) is 0.364. The van der Waals surface area contributed by atoms with Gasteiger partial charge in [0.2, 0.25) is 5.75 Å². The van der Waals surface area contributed by atoms with Crippen molar-refractivity contribution in [3.63, 3.8) is 0 Å². The first-order valence-corrected chi connectivity index (χ1v) is 10.2. The molecule has 0 bridgehead atoms. The molecular weight excluding hydrogens is 384 g/mol. The number of benzene rings is 2. The van der Waals surface area contributed by atoms with Crippen molar-refractivity contribution in [1.82, 2.24) is 19.7 Å². The quantitative estimate of drug-likeness (QED) is 0.692. The lowest BCUT2D eigenvalue weighted by atomic mass is 10.0. The number of β-amino-alcohol motifs (C(OH)–C–C–N with tert-alkyl or cyclic N) is 1. The van der Waals surface area contributed by atoms with Gasteiger partial charge in [0.1, 0.15) is 38.1 Å². The number of rotatable bonds is 5. The number of ether oxygens (including phenoxy) is 3. The second kappa shape index (κ2) is 8.33. The maximum Gasteiger partial charge on any atom is 0.203 e. The third-order valence-electron chi connectivity index (χ3n) is 5.44. The van der Waals surface area contributed by atoms with Gasteiger partial charge in [-0.15, -0.1) is 0 Å². The van der Waals surface area contributed by atoms with Gasteiger partial charge >= 0.3 is 0 Å². The summed E-state index contributed by atoms with van der Waals surface area (Å²) in [5.41, 5.74) is 2.16. The highest BCUT2D eigenvalue weighted by molar-refractivity contribution is 5.52. The maximum absolute atomic E-state index is 10.7. The van der Waals surface area contributed by atoms with E-state index in [-0.39, 0.29) is 6.10 Å². The molecule has 2 atom stereocenters. The number of aromatic nitrogens is 3. The molecule has 0 unspecified atom stereocenters. The van der Waals surface area contributed by atoms with Crippen LogP contribution in [0, 0.1) is 0 Å². The van der Waals surface area contributed by atoms with Gasteiger partial charge in [0.25, 0.3) is 0 Å². The Morgan fingerprint density at radius 1 is 1.10 bits per heavy atom. The Labute approximate surface area is 174 Å². The summed E-state index contributed by atoms with van der Waals surface area (Å²) in [6, 6.07) is 13.8. The molecule has 3 heterocycles. The second-order valence-corrected chi connectivity index (χ2v) is 7.53. The van der Waals surface area contributed by atoms with Crippen molar-refractivity contribution in [2.45, 2.75) is 25.2 Å². The van der Waals surface area contributed by atoms with Crippen molar-refractivity contribution in [3.05, 3.63) is 60.7 Å². The Bertz CT molecular complexity index is 977. The molecule has 8 nitrogen and oxygen atoms in total. The van der Waals surface area contributed by atoms with Crippen LogP contribution in [0.3, 0.4) is 0 Å². The van der Waals surface area contributed by atoms with Crippen LogP contribution in [-0.4, -0.2) is 63.3 Å². The number of likely N-dealkylation sites (tertiary alicyclic amines) is 1. The van der Waals surface area contributed by atoms with Gasteiger partial charge in [0.15, 0.2) is 11.5 Å². The van der Waals surface area contributed by atoms with Crippen molar-refractivity contribution < 1.29 is 19.3 Å². The molecular formula is C22H24N4O4. The summed E-state index contributed by atoms with van der Waals surface area (Å²) in [4.78, 5) is 6.22. The van der Waals surface area contributed by atoms with Gasteiger partial charge in [-0.05, 0) is 36.2 Å². The number of hydrogen-bond acceptors (Lipinski definition) is 7. The Morgan fingerprint density at radius 3 is 2.77 bits per heavy atom. The smallest absolute Gasteiger partial charge is 0.203 e. The van der Waals surface area contributed by atoms with Crippen LogP contribution in [0.5, 0.6) is 17.2 Å². The summed E-state index contributed by atoms with van der Waals surface area (Å²) in [5.74, 6) is 1.96. The van der Waals surface area contributed by atoms with E-state index in [0.717, 1.165) is 25.2 Å². The fourth-order valence-corrected chi connectivity index (χ4v) is 3.91. The molecule has 0 aliphatic carbocycles. The van der Waals surface area contributed by atoms with E-state index in [1.807, 2.05) is 30.3 Å². The number of piperidine rings is 1. The van der Waals surface area contributed by atoms with Gasteiger partial charge in [0, 0.05) is 19.6 Å². The molecule has 2 aliphatic rings. The first-order valence-electron chi connectivity index (χ1n) is 10.2. The fourth-order valence-electron chi connectivity index (χ4n) is 3.91. The molecule has 2 aromatic carbocycles. The molecule has 30 heavy (non-hydrogen) atoms. The predicted molar refractivity (Wildman–Crippen MR) is 109 cm³/mol. The monoisotopic (exact) mass is 408 g/mol. The first-order chi connectivity index (χ1) is 14.8. The molecule has 0 saturated carbocycles. The van der Waals surface area contributed by atoms with E-state index < -0.39 is 6.10 Å². The van der Waals surface area contributed by atoms with Crippen LogP contribution >= 0.6 is 0 Å². The predicted octanol–water partition coefficient (Wildman–Crippen LogP) is 2.05. The van der Waals surface area contributed by atoms with Crippen LogP contribution < -0.4 is 14.2 Å². The van der Waals surface area contributed by atoms with Crippen LogP contribution in [0.15, 0.2) is 55.1 Å². The third kappa shape index (κ3) is 3.96. The van der Waals surface area contributed by atoms with Crippen LogP contribution in [0.25, 0.3) is 5.69 Å². The minimum atomic E-state index is -0.575.